The molecule has 0 aliphatic heterocycles. The number of aromatic hydroxyl groups is 1. The van der Waals surface area contributed by atoms with Gasteiger partial charge in [-0.25, -0.2) is 0 Å². The first-order valence-electron chi connectivity index (χ1n) is 3.00. The van der Waals surface area contributed by atoms with Gasteiger partial charge in [0.05, 0.1) is 4.51 Å². The Kier molecular flexibility index (Phi) is 2.02. The predicted octanol–water partition coefficient (Wildman–Crippen LogP) is 2.43. The lowest BCUT2D eigenvalue weighted by Crippen LogP contribution is -1.55. The minimum Gasteiger partial charge on any atom is -0.506 e. The molecule has 1 N–H and O–H groups in total. The van der Waals surface area contributed by atoms with Gasteiger partial charge in [0.2, 0.25) is 0 Å². The molecule has 0 aliphatic carbocycles. The van der Waals surface area contributed by atoms with Crippen LogP contribution in [0.1, 0.15) is 5.56 Å². The van der Waals surface area contributed by atoms with Crippen molar-refractivity contribution in [2.45, 2.75) is 6.92 Å². The Labute approximate surface area is 65.0 Å². The Hall–Kier alpha value is -0.890. The molecule has 0 heterocycles. The van der Waals surface area contributed by atoms with Crippen LogP contribution in [0.4, 0.5) is 0 Å². The van der Waals surface area contributed by atoms with Gasteiger partial charge in [-0.3, -0.25) is 0 Å². The number of hydrogen-bond acceptors (Lipinski definition) is 2. The molecule has 10 heavy (non-hydrogen) atoms. The van der Waals surface area contributed by atoms with Crippen LogP contribution in [0.25, 0.3) is 0 Å². The first-order chi connectivity index (χ1) is 4.70. The number of hydrogen-bond donors (Lipinski definition) is 1. The topological polar surface area (TPSA) is 20.2 Å². The zero-order valence-corrected chi connectivity index (χ0v) is 6.48. The summed E-state index contributed by atoms with van der Waals surface area (Å²) in [6.07, 6.45) is 0. The number of rotatable bonds is 0. The van der Waals surface area contributed by atoms with Crippen LogP contribution in [-0.2, 0) is 0 Å². The van der Waals surface area contributed by atoms with E-state index in [1.54, 1.807) is 12.1 Å². The minimum atomic E-state index is 0.170. The van der Waals surface area contributed by atoms with Crippen LogP contribution in [-0.4, -0.2) is 5.11 Å². The highest BCUT2D eigenvalue weighted by Crippen LogP contribution is 2.09. The van der Waals surface area contributed by atoms with Gasteiger partial charge in [0, 0.05) is 0 Å². The van der Waals surface area contributed by atoms with Crippen LogP contribution in [0.3, 0.4) is 0 Å². The van der Waals surface area contributed by atoms with E-state index in [2.05, 4.69) is 0 Å². The van der Waals surface area contributed by atoms with E-state index in [9.17, 15) is 0 Å². The van der Waals surface area contributed by atoms with E-state index >= 15 is 0 Å². The van der Waals surface area contributed by atoms with Crippen molar-refractivity contribution < 1.29 is 5.11 Å². The van der Waals surface area contributed by atoms with Gasteiger partial charge in [0.25, 0.3) is 0 Å². The molecule has 0 aliphatic rings. The summed E-state index contributed by atoms with van der Waals surface area (Å²) in [5.41, 5.74) is 1.09. The van der Waals surface area contributed by atoms with Crippen LogP contribution in [0.15, 0.2) is 24.3 Å². The highest BCUT2D eigenvalue weighted by atomic mass is 32.1. The van der Waals surface area contributed by atoms with Gasteiger partial charge in [0.15, 0.2) is 0 Å². The molecular weight excluding hydrogens is 144 g/mol. The van der Waals surface area contributed by atoms with Crippen LogP contribution in [0.5, 0.6) is 5.75 Å². The summed E-state index contributed by atoms with van der Waals surface area (Å²) in [5.74, 6) is 0.170. The molecule has 0 saturated carbocycles. The second kappa shape index (κ2) is 2.80. The Morgan fingerprint density at radius 1 is 1.20 bits per heavy atom. The van der Waals surface area contributed by atoms with Gasteiger partial charge in [-0.2, -0.15) is 0 Å². The maximum atomic E-state index is 9.10. The smallest absolute Gasteiger partial charge is 0.133 e. The molecule has 0 radical (unpaired) electrons. The summed E-state index contributed by atoms with van der Waals surface area (Å²) in [6.45, 7) is 1.95. The van der Waals surface area contributed by atoms with Gasteiger partial charge < -0.3 is 5.11 Å². The highest BCUT2D eigenvalue weighted by molar-refractivity contribution is 7.71. The quantitative estimate of drug-likeness (QED) is 0.576. The van der Waals surface area contributed by atoms with Crippen LogP contribution >= 0.6 is 12.2 Å². The van der Waals surface area contributed by atoms with Gasteiger partial charge in [-0.1, -0.05) is 29.9 Å². The first-order valence-corrected chi connectivity index (χ1v) is 3.41. The molecule has 0 unspecified atom stereocenters. The van der Waals surface area contributed by atoms with Crippen LogP contribution in [0, 0.1) is 11.4 Å². The van der Waals surface area contributed by atoms with Gasteiger partial charge in [-0.15, -0.1) is 0 Å². The molecule has 1 aromatic rings. The van der Waals surface area contributed by atoms with Crippen LogP contribution in [0.2, 0.25) is 0 Å². The molecule has 2 heteroatoms. The minimum absolute atomic E-state index is 0.170. The fourth-order valence-corrected chi connectivity index (χ4v) is 0.777. The third-order valence-corrected chi connectivity index (χ3v) is 1.60. The largest absolute Gasteiger partial charge is 0.506 e. The average molecular weight is 152 g/mol. The van der Waals surface area contributed by atoms with Crippen molar-refractivity contribution >= 4 is 12.2 Å². The van der Waals surface area contributed by atoms with E-state index in [-0.39, 0.29) is 5.75 Å². The Morgan fingerprint density at radius 2 is 1.80 bits per heavy atom. The fourth-order valence-electron chi connectivity index (χ4n) is 0.641. The number of aryl methyl sites for hydroxylation is 1. The summed E-state index contributed by atoms with van der Waals surface area (Å²) >= 11 is 4.83. The molecule has 0 saturated heterocycles. The lowest BCUT2D eigenvalue weighted by atomic mass is 10.3. The van der Waals surface area contributed by atoms with Gasteiger partial charge >= 0.3 is 0 Å². The maximum absolute atomic E-state index is 9.10. The average Bonchev–Trinajstić information content (AvgIpc) is 2.04. The first kappa shape index (κ1) is 7.22. The fraction of sp³-hybridized carbons (Fsp3) is 0.125. The third-order valence-electron chi connectivity index (χ3n) is 1.25. The van der Waals surface area contributed by atoms with Crippen molar-refractivity contribution in [2.24, 2.45) is 0 Å². The second-order valence-electron chi connectivity index (χ2n) is 2.16. The molecular formula is C8H8OS. The Morgan fingerprint density at radius 3 is 2.50 bits per heavy atom. The third kappa shape index (κ3) is 1.54. The van der Waals surface area contributed by atoms with Crippen LogP contribution < -0.4 is 0 Å². The molecule has 0 fully saturated rings. The Balaban J connectivity index is 3.43. The van der Waals surface area contributed by atoms with E-state index in [0.717, 1.165) is 5.56 Å². The SMILES string of the molecule is Cc1ccc(O)c(=S)cc1. The van der Waals surface area contributed by atoms with E-state index in [1.165, 1.54) is 0 Å². The van der Waals surface area contributed by atoms with Crippen molar-refractivity contribution in [2.75, 3.05) is 0 Å². The second-order valence-corrected chi connectivity index (χ2v) is 2.60. The van der Waals surface area contributed by atoms with Crippen molar-refractivity contribution in [3.05, 3.63) is 34.3 Å². The van der Waals surface area contributed by atoms with E-state index < -0.39 is 0 Å². The monoisotopic (exact) mass is 152 g/mol. The predicted molar refractivity (Wildman–Crippen MR) is 43.7 cm³/mol. The lowest BCUT2D eigenvalue weighted by molar-refractivity contribution is 0.474. The normalized spacial score (nSPS) is 9.30. The zero-order chi connectivity index (χ0) is 7.56. The maximum Gasteiger partial charge on any atom is 0.133 e. The molecule has 1 aromatic carbocycles. The van der Waals surface area contributed by atoms with Crippen molar-refractivity contribution in [3.63, 3.8) is 0 Å². The van der Waals surface area contributed by atoms with E-state index in [1.807, 2.05) is 19.1 Å². The Bertz CT molecular complexity index is 293. The molecule has 52 valence electrons. The molecule has 1 nitrogen and oxygen atoms in total. The zero-order valence-electron chi connectivity index (χ0n) is 5.66. The molecule has 0 amide bonds. The van der Waals surface area contributed by atoms with Gasteiger partial charge in [0.1, 0.15) is 5.75 Å². The highest BCUT2D eigenvalue weighted by Gasteiger charge is 1.85. The summed E-state index contributed by atoms with van der Waals surface area (Å²) in [5, 5.41) is 9.10. The summed E-state index contributed by atoms with van der Waals surface area (Å²) in [7, 11) is 0. The standard InChI is InChI=1S/C8H8OS/c1-6-2-4-7(9)8(10)5-3-6/h2-5H,1H3,(H,9,10). The molecule has 0 bridgehead atoms. The molecule has 0 spiro atoms. The van der Waals surface area contributed by atoms with Crippen molar-refractivity contribution in [3.8, 4) is 5.75 Å². The summed E-state index contributed by atoms with van der Waals surface area (Å²) < 4.78 is 0.494. The van der Waals surface area contributed by atoms with Gasteiger partial charge in [-0.05, 0) is 19.1 Å². The van der Waals surface area contributed by atoms with Crippen molar-refractivity contribution in [1.29, 1.82) is 0 Å². The van der Waals surface area contributed by atoms with E-state index in [4.69, 9.17) is 17.3 Å². The summed E-state index contributed by atoms with van der Waals surface area (Å²) in [4.78, 5) is 0. The van der Waals surface area contributed by atoms with Crippen molar-refractivity contribution in [1.82, 2.24) is 0 Å². The molecule has 0 aromatic heterocycles. The molecule has 1 rings (SSSR count). The molecule has 0 atom stereocenters. The summed E-state index contributed by atoms with van der Waals surface area (Å²) in [6, 6.07) is 7.03. The lowest BCUT2D eigenvalue weighted by Gasteiger charge is -1.78. The van der Waals surface area contributed by atoms with E-state index in [0.29, 0.717) is 4.51 Å².